The van der Waals surface area contributed by atoms with E-state index in [-0.39, 0.29) is 40.9 Å². The monoisotopic (exact) mass is 469 g/mol. The Morgan fingerprint density at radius 1 is 1.16 bits per heavy atom. The van der Waals surface area contributed by atoms with Crippen molar-refractivity contribution in [1.82, 2.24) is 18.7 Å². The standard InChI is InChI=1S/C19H24ClN5O5S/c20-15-6-5-14(12-16(15)31(28,29)23-8-10-30-11-9-23)21-18(26)13-25-19(27)24-7-3-1-2-4-17(24)22-25/h5-6,12H,1-4,7-11,13H2,(H,21,26). The molecule has 0 saturated carbocycles. The van der Waals surface area contributed by atoms with Crippen molar-refractivity contribution in [3.05, 3.63) is 39.5 Å². The van der Waals surface area contributed by atoms with Crippen molar-refractivity contribution in [2.75, 3.05) is 31.6 Å². The zero-order chi connectivity index (χ0) is 22.0. The van der Waals surface area contributed by atoms with E-state index in [1.807, 2.05) is 0 Å². The number of carbonyl (C=O) groups is 1. The third kappa shape index (κ3) is 4.69. The molecule has 1 amide bonds. The summed E-state index contributed by atoms with van der Waals surface area (Å²) in [5, 5.41) is 7.00. The lowest BCUT2D eigenvalue weighted by atomic mass is 10.2. The van der Waals surface area contributed by atoms with Gasteiger partial charge >= 0.3 is 5.69 Å². The van der Waals surface area contributed by atoms with Crippen LogP contribution in [0.3, 0.4) is 0 Å². The first-order chi connectivity index (χ1) is 14.9. The molecular formula is C19H24ClN5O5S. The van der Waals surface area contributed by atoms with Crippen molar-refractivity contribution in [2.45, 2.75) is 43.7 Å². The Bertz CT molecular complexity index is 1140. The Hall–Kier alpha value is -2.21. The molecule has 2 aliphatic rings. The van der Waals surface area contributed by atoms with Crippen molar-refractivity contribution in [3.63, 3.8) is 0 Å². The second-order valence-corrected chi connectivity index (χ2v) is 9.84. The molecule has 1 N–H and O–H groups in total. The Kier molecular flexibility index (Phi) is 6.47. The van der Waals surface area contributed by atoms with E-state index >= 15 is 0 Å². The highest BCUT2D eigenvalue weighted by Gasteiger charge is 2.29. The van der Waals surface area contributed by atoms with Crippen LogP contribution in [0.1, 0.15) is 25.1 Å². The van der Waals surface area contributed by atoms with Gasteiger partial charge in [0.2, 0.25) is 15.9 Å². The lowest BCUT2D eigenvalue weighted by Crippen LogP contribution is -2.40. The van der Waals surface area contributed by atoms with Crippen LogP contribution in [0, 0.1) is 0 Å². The molecule has 1 fully saturated rings. The molecule has 1 aromatic carbocycles. The van der Waals surface area contributed by atoms with Crippen LogP contribution in [-0.4, -0.2) is 59.3 Å². The van der Waals surface area contributed by atoms with E-state index < -0.39 is 15.9 Å². The molecule has 0 aliphatic carbocycles. The number of hydrogen-bond acceptors (Lipinski definition) is 6. The number of nitrogens with zero attached hydrogens (tertiary/aromatic N) is 4. The molecule has 0 bridgehead atoms. The van der Waals surface area contributed by atoms with Gasteiger partial charge in [-0.1, -0.05) is 18.0 Å². The molecule has 4 rings (SSSR count). The van der Waals surface area contributed by atoms with Crippen LogP contribution >= 0.6 is 11.6 Å². The lowest BCUT2D eigenvalue weighted by Gasteiger charge is -2.26. The minimum absolute atomic E-state index is 0.0681. The number of hydrogen-bond donors (Lipinski definition) is 1. The van der Waals surface area contributed by atoms with Crippen LogP contribution < -0.4 is 11.0 Å². The summed E-state index contributed by atoms with van der Waals surface area (Å²) in [6.45, 7) is 1.46. The van der Waals surface area contributed by atoms with Gasteiger partial charge in [-0.2, -0.15) is 9.40 Å². The maximum atomic E-state index is 12.9. The SMILES string of the molecule is O=C(Cn1nc2n(c1=O)CCCCC2)Nc1ccc(Cl)c(S(=O)(=O)N2CCOCC2)c1. The van der Waals surface area contributed by atoms with Gasteiger partial charge in [0, 0.05) is 31.7 Å². The number of aryl methyl sites for hydroxylation is 1. The number of anilines is 1. The van der Waals surface area contributed by atoms with Crippen LogP contribution in [0.4, 0.5) is 5.69 Å². The van der Waals surface area contributed by atoms with Gasteiger partial charge < -0.3 is 10.1 Å². The lowest BCUT2D eigenvalue weighted by molar-refractivity contribution is -0.117. The van der Waals surface area contributed by atoms with Crippen molar-refractivity contribution in [3.8, 4) is 0 Å². The number of ether oxygens (including phenoxy) is 1. The molecule has 168 valence electrons. The highest BCUT2D eigenvalue weighted by atomic mass is 35.5. The van der Waals surface area contributed by atoms with E-state index in [4.69, 9.17) is 16.3 Å². The van der Waals surface area contributed by atoms with Crippen molar-refractivity contribution in [1.29, 1.82) is 0 Å². The number of sulfonamides is 1. The number of amides is 1. The van der Waals surface area contributed by atoms with Gasteiger partial charge in [0.1, 0.15) is 17.3 Å². The van der Waals surface area contributed by atoms with Gasteiger partial charge in [0.15, 0.2) is 0 Å². The molecule has 0 atom stereocenters. The smallest absolute Gasteiger partial charge is 0.346 e. The molecule has 10 nitrogen and oxygen atoms in total. The summed E-state index contributed by atoms with van der Waals surface area (Å²) in [6, 6.07) is 4.27. The summed E-state index contributed by atoms with van der Waals surface area (Å²) in [6.07, 6.45) is 3.64. The summed E-state index contributed by atoms with van der Waals surface area (Å²) in [5.74, 6) is 0.216. The van der Waals surface area contributed by atoms with E-state index in [0.717, 1.165) is 23.9 Å². The number of fused-ring (bicyclic) bond motifs is 1. The van der Waals surface area contributed by atoms with Crippen molar-refractivity contribution < 1.29 is 17.9 Å². The van der Waals surface area contributed by atoms with Gasteiger partial charge in [0.05, 0.1) is 18.2 Å². The van der Waals surface area contributed by atoms with Gasteiger partial charge in [-0.3, -0.25) is 9.36 Å². The third-order valence-electron chi connectivity index (χ3n) is 5.38. The van der Waals surface area contributed by atoms with Crippen molar-refractivity contribution >= 4 is 33.2 Å². The molecule has 1 aromatic heterocycles. The van der Waals surface area contributed by atoms with Gasteiger partial charge in [-0.15, -0.1) is 0 Å². The van der Waals surface area contributed by atoms with Gasteiger partial charge in [-0.25, -0.2) is 17.9 Å². The fourth-order valence-electron chi connectivity index (χ4n) is 3.77. The summed E-state index contributed by atoms with van der Waals surface area (Å²) in [5.41, 5.74) is -0.0335. The molecule has 0 unspecified atom stereocenters. The van der Waals surface area contributed by atoms with E-state index in [0.29, 0.717) is 32.0 Å². The summed E-state index contributed by atoms with van der Waals surface area (Å²) >= 11 is 6.15. The average molecular weight is 470 g/mol. The molecule has 31 heavy (non-hydrogen) atoms. The Balaban J connectivity index is 1.50. The van der Waals surface area contributed by atoms with E-state index in [2.05, 4.69) is 10.4 Å². The second-order valence-electron chi connectivity index (χ2n) is 7.53. The molecule has 2 aromatic rings. The number of rotatable bonds is 5. The van der Waals surface area contributed by atoms with E-state index in [1.165, 1.54) is 22.5 Å². The Morgan fingerprint density at radius 2 is 1.94 bits per heavy atom. The number of aromatic nitrogens is 3. The molecule has 1 saturated heterocycles. The summed E-state index contributed by atoms with van der Waals surface area (Å²) in [7, 11) is -3.82. The zero-order valence-electron chi connectivity index (χ0n) is 16.9. The molecular weight excluding hydrogens is 446 g/mol. The highest BCUT2D eigenvalue weighted by Crippen LogP contribution is 2.28. The number of nitrogens with one attached hydrogen (secondary N) is 1. The Labute approximate surface area is 184 Å². The highest BCUT2D eigenvalue weighted by molar-refractivity contribution is 7.89. The fourth-order valence-corrected chi connectivity index (χ4v) is 5.68. The molecule has 2 aliphatic heterocycles. The fraction of sp³-hybridized carbons (Fsp3) is 0.526. The number of morpholine rings is 1. The molecule has 0 radical (unpaired) electrons. The summed E-state index contributed by atoms with van der Waals surface area (Å²) in [4.78, 5) is 25.0. The van der Waals surface area contributed by atoms with Crippen LogP contribution in [0.5, 0.6) is 0 Å². The number of benzene rings is 1. The van der Waals surface area contributed by atoms with Crippen LogP contribution in [0.15, 0.2) is 27.9 Å². The normalized spacial score (nSPS) is 17.7. The molecule has 12 heteroatoms. The minimum atomic E-state index is -3.82. The number of halogens is 1. The van der Waals surface area contributed by atoms with Crippen LogP contribution in [0.2, 0.25) is 5.02 Å². The largest absolute Gasteiger partial charge is 0.379 e. The minimum Gasteiger partial charge on any atom is -0.379 e. The maximum Gasteiger partial charge on any atom is 0.346 e. The Morgan fingerprint density at radius 3 is 2.71 bits per heavy atom. The first-order valence-electron chi connectivity index (χ1n) is 10.2. The second kappa shape index (κ2) is 9.11. The summed E-state index contributed by atoms with van der Waals surface area (Å²) < 4.78 is 35.2. The average Bonchev–Trinajstić information content (AvgIpc) is 2.92. The van der Waals surface area contributed by atoms with E-state index in [9.17, 15) is 18.0 Å². The zero-order valence-corrected chi connectivity index (χ0v) is 18.5. The van der Waals surface area contributed by atoms with Gasteiger partial charge in [-0.05, 0) is 31.0 Å². The maximum absolute atomic E-state index is 12.9. The van der Waals surface area contributed by atoms with Crippen molar-refractivity contribution in [2.24, 2.45) is 0 Å². The predicted octanol–water partition coefficient (Wildman–Crippen LogP) is 1.08. The predicted molar refractivity (Wildman–Crippen MR) is 114 cm³/mol. The number of carbonyl (C=O) groups excluding carboxylic acids is 1. The van der Waals surface area contributed by atoms with Crippen LogP contribution in [0.25, 0.3) is 0 Å². The third-order valence-corrected chi connectivity index (χ3v) is 7.76. The molecule has 3 heterocycles. The topological polar surface area (TPSA) is 116 Å². The quantitative estimate of drug-likeness (QED) is 0.700. The first kappa shape index (κ1) is 22.0. The van der Waals surface area contributed by atoms with E-state index in [1.54, 1.807) is 4.57 Å². The van der Waals surface area contributed by atoms with Crippen LogP contribution in [-0.2, 0) is 39.1 Å². The molecule has 0 spiro atoms. The first-order valence-corrected chi connectivity index (χ1v) is 12.0. The van der Waals surface area contributed by atoms with Gasteiger partial charge in [0.25, 0.3) is 0 Å².